The van der Waals surface area contributed by atoms with Crippen LogP contribution in [0.5, 0.6) is 0 Å². The summed E-state index contributed by atoms with van der Waals surface area (Å²) >= 11 is 0. The molecular weight excluding hydrogens is 214 g/mol. The monoisotopic (exact) mass is 237 g/mol. The van der Waals surface area contributed by atoms with Crippen molar-refractivity contribution in [3.05, 3.63) is 35.9 Å². The van der Waals surface area contributed by atoms with Crippen molar-refractivity contribution < 1.29 is 10.2 Å². The molecule has 1 rings (SSSR count). The molecular formula is C14H23NO2. The van der Waals surface area contributed by atoms with Crippen LogP contribution in [0.1, 0.15) is 26.3 Å². The molecule has 2 unspecified atom stereocenters. The van der Waals surface area contributed by atoms with Crippen LogP contribution in [-0.4, -0.2) is 29.4 Å². The van der Waals surface area contributed by atoms with Crippen molar-refractivity contribution in [3.8, 4) is 0 Å². The lowest BCUT2D eigenvalue weighted by molar-refractivity contribution is 0.0481. The van der Waals surface area contributed by atoms with Crippen LogP contribution >= 0.6 is 0 Å². The molecule has 0 amide bonds. The largest absolute Gasteiger partial charge is 0.395 e. The molecule has 0 aliphatic heterocycles. The minimum atomic E-state index is -0.913. The Bertz CT molecular complexity index is 322. The first-order chi connectivity index (χ1) is 7.97. The second kappa shape index (κ2) is 6.15. The molecule has 17 heavy (non-hydrogen) atoms. The van der Waals surface area contributed by atoms with Crippen LogP contribution in [0.4, 0.5) is 0 Å². The fourth-order valence-electron chi connectivity index (χ4n) is 1.74. The molecule has 1 aromatic carbocycles. The van der Waals surface area contributed by atoms with Gasteiger partial charge in [0.15, 0.2) is 0 Å². The number of aliphatic hydroxyl groups is 2. The minimum absolute atomic E-state index is 0.0187. The summed E-state index contributed by atoms with van der Waals surface area (Å²) in [6.07, 6.45) is 0. The van der Waals surface area contributed by atoms with Gasteiger partial charge in [-0.3, -0.25) is 0 Å². The molecule has 3 heteroatoms. The predicted molar refractivity (Wildman–Crippen MR) is 69.7 cm³/mol. The Balaban J connectivity index is 2.61. The van der Waals surface area contributed by atoms with Crippen LogP contribution in [0.3, 0.4) is 0 Å². The summed E-state index contributed by atoms with van der Waals surface area (Å²) in [6.45, 7) is 6.39. The highest BCUT2D eigenvalue weighted by molar-refractivity contribution is 5.21. The number of benzene rings is 1. The quantitative estimate of drug-likeness (QED) is 0.703. The Hall–Kier alpha value is -0.900. The lowest BCUT2D eigenvalue weighted by atomic mass is 9.95. The van der Waals surface area contributed by atoms with Crippen molar-refractivity contribution in [2.75, 3.05) is 13.2 Å². The number of hydrogen-bond acceptors (Lipinski definition) is 3. The highest BCUT2D eigenvalue weighted by Crippen LogP contribution is 2.19. The average molecular weight is 237 g/mol. The van der Waals surface area contributed by atoms with Gasteiger partial charge >= 0.3 is 0 Å². The van der Waals surface area contributed by atoms with E-state index in [1.165, 1.54) is 0 Å². The van der Waals surface area contributed by atoms with E-state index in [0.717, 1.165) is 5.56 Å². The first-order valence-electron chi connectivity index (χ1n) is 6.09. The van der Waals surface area contributed by atoms with E-state index in [9.17, 15) is 10.2 Å². The Labute approximate surface area is 103 Å². The molecule has 0 aliphatic carbocycles. The molecule has 0 fully saturated rings. The van der Waals surface area contributed by atoms with Crippen LogP contribution in [0, 0.1) is 5.92 Å². The van der Waals surface area contributed by atoms with Gasteiger partial charge in [0.1, 0.15) is 0 Å². The van der Waals surface area contributed by atoms with E-state index in [0.29, 0.717) is 12.5 Å². The van der Waals surface area contributed by atoms with Crippen LogP contribution in [0.15, 0.2) is 30.3 Å². The second-order valence-electron chi connectivity index (χ2n) is 5.05. The van der Waals surface area contributed by atoms with E-state index in [-0.39, 0.29) is 12.6 Å². The van der Waals surface area contributed by atoms with Gasteiger partial charge in [-0.25, -0.2) is 0 Å². The van der Waals surface area contributed by atoms with Crippen molar-refractivity contribution in [1.82, 2.24) is 5.32 Å². The zero-order valence-electron chi connectivity index (χ0n) is 10.9. The molecule has 2 atom stereocenters. The Morgan fingerprint density at radius 2 is 1.82 bits per heavy atom. The predicted octanol–water partition coefficient (Wildman–Crippen LogP) is 1.50. The van der Waals surface area contributed by atoms with Gasteiger partial charge in [-0.05, 0) is 18.4 Å². The molecule has 3 N–H and O–H groups in total. The number of nitrogens with one attached hydrogen (secondary N) is 1. The van der Waals surface area contributed by atoms with E-state index >= 15 is 0 Å². The first kappa shape index (κ1) is 14.2. The smallest absolute Gasteiger partial charge is 0.0992 e. The molecule has 96 valence electrons. The highest BCUT2D eigenvalue weighted by atomic mass is 16.3. The van der Waals surface area contributed by atoms with Crippen LogP contribution in [0.2, 0.25) is 0 Å². The third-order valence-electron chi connectivity index (χ3n) is 3.11. The summed E-state index contributed by atoms with van der Waals surface area (Å²) in [5.41, 5.74) is -0.0308. The second-order valence-corrected chi connectivity index (χ2v) is 5.05. The summed E-state index contributed by atoms with van der Waals surface area (Å²) in [5, 5.41) is 22.8. The normalized spacial score (nSPS) is 16.8. The number of aliphatic hydroxyl groups excluding tert-OH is 1. The maximum absolute atomic E-state index is 10.4. The summed E-state index contributed by atoms with van der Waals surface area (Å²) in [4.78, 5) is 0. The van der Waals surface area contributed by atoms with Crippen LogP contribution in [-0.2, 0) is 5.60 Å². The molecule has 3 nitrogen and oxygen atoms in total. The van der Waals surface area contributed by atoms with Crippen molar-refractivity contribution >= 4 is 0 Å². The summed E-state index contributed by atoms with van der Waals surface area (Å²) in [6, 6.07) is 9.59. The van der Waals surface area contributed by atoms with Gasteiger partial charge in [-0.15, -0.1) is 0 Å². The first-order valence-corrected chi connectivity index (χ1v) is 6.09. The molecule has 0 spiro atoms. The van der Waals surface area contributed by atoms with Gasteiger partial charge in [-0.2, -0.15) is 0 Å². The highest BCUT2D eigenvalue weighted by Gasteiger charge is 2.24. The third kappa shape index (κ3) is 4.11. The molecule has 0 saturated heterocycles. The minimum Gasteiger partial charge on any atom is -0.395 e. The van der Waals surface area contributed by atoms with Gasteiger partial charge < -0.3 is 15.5 Å². The van der Waals surface area contributed by atoms with E-state index in [1.807, 2.05) is 44.2 Å². The molecule has 0 aromatic heterocycles. The van der Waals surface area contributed by atoms with E-state index in [2.05, 4.69) is 5.32 Å². The van der Waals surface area contributed by atoms with Crippen molar-refractivity contribution in [3.63, 3.8) is 0 Å². The molecule has 1 aromatic rings. The lowest BCUT2D eigenvalue weighted by Gasteiger charge is -2.28. The van der Waals surface area contributed by atoms with Crippen LogP contribution in [0.25, 0.3) is 0 Å². The van der Waals surface area contributed by atoms with Crippen molar-refractivity contribution in [2.45, 2.75) is 32.4 Å². The van der Waals surface area contributed by atoms with Gasteiger partial charge in [0, 0.05) is 12.6 Å². The maximum atomic E-state index is 10.4. The van der Waals surface area contributed by atoms with Crippen LogP contribution < -0.4 is 5.32 Å². The Kier molecular flexibility index (Phi) is 5.12. The maximum Gasteiger partial charge on any atom is 0.0992 e. The van der Waals surface area contributed by atoms with Gasteiger partial charge in [-0.1, -0.05) is 44.2 Å². The Morgan fingerprint density at radius 3 is 2.29 bits per heavy atom. The zero-order valence-corrected chi connectivity index (χ0v) is 10.9. The summed E-state index contributed by atoms with van der Waals surface area (Å²) in [5.74, 6) is 0.339. The zero-order chi connectivity index (χ0) is 12.9. The molecule has 0 saturated carbocycles. The molecule has 0 radical (unpaired) electrons. The number of rotatable bonds is 6. The van der Waals surface area contributed by atoms with E-state index < -0.39 is 5.60 Å². The van der Waals surface area contributed by atoms with E-state index in [4.69, 9.17) is 0 Å². The van der Waals surface area contributed by atoms with Gasteiger partial charge in [0.2, 0.25) is 0 Å². The average Bonchev–Trinajstić information content (AvgIpc) is 2.30. The van der Waals surface area contributed by atoms with Crippen molar-refractivity contribution in [2.24, 2.45) is 5.92 Å². The summed E-state index contributed by atoms with van der Waals surface area (Å²) in [7, 11) is 0. The fourth-order valence-corrected chi connectivity index (χ4v) is 1.74. The molecule has 0 aliphatic rings. The van der Waals surface area contributed by atoms with Gasteiger partial charge in [0.25, 0.3) is 0 Å². The lowest BCUT2D eigenvalue weighted by Crippen LogP contribution is -2.44. The fraction of sp³-hybridized carbons (Fsp3) is 0.571. The standard InChI is InChI=1S/C14H23NO2/c1-11(2)13(9-16)15-10-14(3,17)12-7-5-4-6-8-12/h4-8,11,13,15-17H,9-10H2,1-3H3. The van der Waals surface area contributed by atoms with E-state index in [1.54, 1.807) is 6.92 Å². The summed E-state index contributed by atoms with van der Waals surface area (Å²) < 4.78 is 0. The SMILES string of the molecule is CC(C)C(CO)NCC(C)(O)c1ccccc1. The topological polar surface area (TPSA) is 52.5 Å². The Morgan fingerprint density at radius 1 is 1.24 bits per heavy atom. The molecule has 0 bridgehead atoms. The number of hydrogen-bond donors (Lipinski definition) is 3. The van der Waals surface area contributed by atoms with Crippen molar-refractivity contribution in [1.29, 1.82) is 0 Å². The molecule has 0 heterocycles. The third-order valence-corrected chi connectivity index (χ3v) is 3.11. The van der Waals surface area contributed by atoms with Gasteiger partial charge in [0.05, 0.1) is 12.2 Å².